The molecule has 1 rings (SSSR count). The molecule has 0 aliphatic heterocycles. The van der Waals surface area contributed by atoms with E-state index in [1.807, 2.05) is 0 Å². The summed E-state index contributed by atoms with van der Waals surface area (Å²) in [6.07, 6.45) is 2.94. The fraction of sp³-hybridized carbons (Fsp3) is 0.100. The van der Waals surface area contributed by atoms with Gasteiger partial charge in [-0.2, -0.15) is 0 Å². The minimum atomic E-state index is -0.432. The predicted molar refractivity (Wildman–Crippen MR) is 48.3 cm³/mol. The Bertz CT molecular complexity index is 311. The van der Waals surface area contributed by atoms with Crippen LogP contribution in [0.3, 0.4) is 0 Å². The van der Waals surface area contributed by atoms with E-state index in [0.29, 0.717) is 5.56 Å². The van der Waals surface area contributed by atoms with E-state index in [4.69, 9.17) is 9.84 Å². The Labute approximate surface area is 76.3 Å². The molecule has 0 unspecified atom stereocenters. The number of hydrogen-bond donors (Lipinski definition) is 1. The highest BCUT2D eigenvalue weighted by molar-refractivity contribution is 5.89. The lowest BCUT2D eigenvalue weighted by molar-refractivity contribution is 0.0662. The highest BCUT2D eigenvalue weighted by atomic mass is 16.5. The van der Waals surface area contributed by atoms with Crippen molar-refractivity contribution in [2.75, 3.05) is 0 Å². The summed E-state index contributed by atoms with van der Waals surface area (Å²) in [6.45, 7) is 1.75. The van der Waals surface area contributed by atoms with Crippen LogP contribution in [-0.2, 0) is 4.74 Å². The van der Waals surface area contributed by atoms with Gasteiger partial charge in [0.2, 0.25) is 0 Å². The second-order valence-corrected chi connectivity index (χ2v) is 2.42. The molecular weight excluding hydrogens is 168 g/mol. The standard InChI is InChI=1S/C10H10O3/c1-2-7-13-10(12)8-3-5-9(11)6-4-8/h2-7,11H,1H3/b7-2+. The molecule has 13 heavy (non-hydrogen) atoms. The van der Waals surface area contributed by atoms with Crippen molar-refractivity contribution in [2.45, 2.75) is 6.92 Å². The van der Waals surface area contributed by atoms with Gasteiger partial charge in [0.05, 0.1) is 11.8 Å². The van der Waals surface area contributed by atoms with Crippen LogP contribution in [0.15, 0.2) is 36.6 Å². The van der Waals surface area contributed by atoms with Crippen molar-refractivity contribution in [3.63, 3.8) is 0 Å². The number of ether oxygens (including phenoxy) is 1. The number of allylic oxidation sites excluding steroid dienone is 1. The topological polar surface area (TPSA) is 46.5 Å². The third kappa shape index (κ3) is 2.63. The van der Waals surface area contributed by atoms with Gasteiger partial charge in [-0.05, 0) is 31.2 Å². The number of rotatable bonds is 2. The summed E-state index contributed by atoms with van der Waals surface area (Å²) in [5.41, 5.74) is 0.413. The molecule has 1 aromatic carbocycles. The van der Waals surface area contributed by atoms with Crippen LogP contribution in [0.2, 0.25) is 0 Å². The van der Waals surface area contributed by atoms with Crippen molar-refractivity contribution in [3.8, 4) is 5.75 Å². The van der Waals surface area contributed by atoms with Crippen molar-refractivity contribution >= 4 is 5.97 Å². The first-order valence-electron chi connectivity index (χ1n) is 3.85. The quantitative estimate of drug-likeness (QED) is 0.557. The van der Waals surface area contributed by atoms with Crippen LogP contribution in [-0.4, -0.2) is 11.1 Å². The van der Waals surface area contributed by atoms with Gasteiger partial charge in [-0.3, -0.25) is 0 Å². The van der Waals surface area contributed by atoms with Gasteiger partial charge in [0.1, 0.15) is 5.75 Å². The minimum Gasteiger partial charge on any atom is -0.508 e. The van der Waals surface area contributed by atoms with Crippen molar-refractivity contribution in [3.05, 3.63) is 42.2 Å². The van der Waals surface area contributed by atoms with Crippen LogP contribution in [0.5, 0.6) is 5.75 Å². The molecule has 0 radical (unpaired) electrons. The summed E-state index contributed by atoms with van der Waals surface area (Å²) in [6, 6.07) is 5.88. The Morgan fingerprint density at radius 3 is 2.54 bits per heavy atom. The predicted octanol–water partition coefficient (Wildman–Crippen LogP) is 2.08. The van der Waals surface area contributed by atoms with Crippen molar-refractivity contribution < 1.29 is 14.6 Å². The normalized spacial score (nSPS) is 10.2. The summed E-state index contributed by atoms with van der Waals surface area (Å²) in [5, 5.41) is 8.95. The average Bonchev–Trinajstić information content (AvgIpc) is 2.15. The fourth-order valence-corrected chi connectivity index (χ4v) is 0.795. The Balaban J connectivity index is 2.72. The second kappa shape index (κ2) is 4.30. The molecule has 0 atom stereocenters. The van der Waals surface area contributed by atoms with Gasteiger partial charge in [-0.25, -0.2) is 4.79 Å². The molecule has 0 saturated carbocycles. The van der Waals surface area contributed by atoms with E-state index in [9.17, 15) is 4.79 Å². The monoisotopic (exact) mass is 178 g/mol. The lowest BCUT2D eigenvalue weighted by Gasteiger charge is -1.98. The molecular formula is C10H10O3. The first-order chi connectivity index (χ1) is 6.24. The molecule has 1 N–H and O–H groups in total. The van der Waals surface area contributed by atoms with E-state index in [1.54, 1.807) is 13.0 Å². The number of aromatic hydroxyl groups is 1. The fourth-order valence-electron chi connectivity index (χ4n) is 0.795. The van der Waals surface area contributed by atoms with Crippen LogP contribution in [0.4, 0.5) is 0 Å². The van der Waals surface area contributed by atoms with Crippen LogP contribution in [0, 0.1) is 0 Å². The first-order valence-corrected chi connectivity index (χ1v) is 3.85. The largest absolute Gasteiger partial charge is 0.508 e. The molecule has 0 heterocycles. The minimum absolute atomic E-state index is 0.127. The summed E-state index contributed by atoms with van der Waals surface area (Å²) in [5.74, 6) is -0.305. The Morgan fingerprint density at radius 1 is 1.38 bits per heavy atom. The van der Waals surface area contributed by atoms with Crippen LogP contribution < -0.4 is 0 Å². The van der Waals surface area contributed by atoms with E-state index >= 15 is 0 Å². The maximum Gasteiger partial charge on any atom is 0.342 e. The second-order valence-electron chi connectivity index (χ2n) is 2.42. The van der Waals surface area contributed by atoms with E-state index in [-0.39, 0.29) is 5.75 Å². The zero-order valence-corrected chi connectivity index (χ0v) is 7.23. The Morgan fingerprint density at radius 2 is 2.00 bits per heavy atom. The third-order valence-corrected chi connectivity index (χ3v) is 1.41. The molecule has 68 valence electrons. The number of esters is 1. The van der Waals surface area contributed by atoms with Gasteiger partial charge in [-0.15, -0.1) is 0 Å². The molecule has 0 aromatic heterocycles. The maximum absolute atomic E-state index is 11.2. The zero-order valence-electron chi connectivity index (χ0n) is 7.23. The summed E-state index contributed by atoms with van der Waals surface area (Å²) < 4.78 is 4.72. The number of phenols is 1. The maximum atomic E-state index is 11.2. The number of benzene rings is 1. The molecule has 0 spiro atoms. The van der Waals surface area contributed by atoms with Crippen LogP contribution in [0.1, 0.15) is 17.3 Å². The Hall–Kier alpha value is -1.77. The van der Waals surface area contributed by atoms with Crippen LogP contribution >= 0.6 is 0 Å². The average molecular weight is 178 g/mol. The molecule has 0 amide bonds. The zero-order chi connectivity index (χ0) is 9.68. The summed E-state index contributed by atoms with van der Waals surface area (Å²) >= 11 is 0. The van der Waals surface area contributed by atoms with E-state index in [1.165, 1.54) is 30.5 Å². The summed E-state index contributed by atoms with van der Waals surface area (Å²) in [4.78, 5) is 11.2. The van der Waals surface area contributed by atoms with Crippen molar-refractivity contribution in [1.29, 1.82) is 0 Å². The van der Waals surface area contributed by atoms with E-state index in [0.717, 1.165) is 0 Å². The lowest BCUT2D eigenvalue weighted by Crippen LogP contribution is -1.99. The van der Waals surface area contributed by atoms with Crippen molar-refractivity contribution in [2.24, 2.45) is 0 Å². The molecule has 0 aliphatic rings. The van der Waals surface area contributed by atoms with Gasteiger partial charge in [0.15, 0.2) is 0 Å². The number of hydrogen-bond acceptors (Lipinski definition) is 3. The van der Waals surface area contributed by atoms with Gasteiger partial charge >= 0.3 is 5.97 Å². The van der Waals surface area contributed by atoms with E-state index in [2.05, 4.69) is 0 Å². The number of carbonyl (C=O) groups is 1. The highest BCUT2D eigenvalue weighted by Crippen LogP contribution is 2.10. The number of carbonyl (C=O) groups excluding carboxylic acids is 1. The van der Waals surface area contributed by atoms with Gasteiger partial charge in [0.25, 0.3) is 0 Å². The van der Waals surface area contributed by atoms with Crippen molar-refractivity contribution in [1.82, 2.24) is 0 Å². The van der Waals surface area contributed by atoms with Crippen LogP contribution in [0.25, 0.3) is 0 Å². The van der Waals surface area contributed by atoms with Gasteiger partial charge in [0, 0.05) is 0 Å². The highest BCUT2D eigenvalue weighted by Gasteiger charge is 2.04. The molecule has 3 heteroatoms. The molecule has 0 saturated heterocycles. The van der Waals surface area contributed by atoms with Gasteiger partial charge in [-0.1, -0.05) is 6.08 Å². The molecule has 1 aromatic rings. The molecule has 0 fully saturated rings. The molecule has 0 aliphatic carbocycles. The van der Waals surface area contributed by atoms with Gasteiger partial charge < -0.3 is 9.84 Å². The molecule has 0 bridgehead atoms. The first kappa shape index (κ1) is 9.32. The number of phenolic OH excluding ortho intramolecular Hbond substituents is 1. The Kier molecular flexibility index (Phi) is 3.09. The smallest absolute Gasteiger partial charge is 0.342 e. The molecule has 3 nitrogen and oxygen atoms in total. The lowest BCUT2D eigenvalue weighted by atomic mass is 10.2. The van der Waals surface area contributed by atoms with E-state index < -0.39 is 5.97 Å². The SMILES string of the molecule is C/C=C/OC(=O)c1ccc(O)cc1. The third-order valence-electron chi connectivity index (χ3n) is 1.41. The summed E-state index contributed by atoms with van der Waals surface area (Å²) in [7, 11) is 0.